The second kappa shape index (κ2) is 8.60. The number of para-hydroxylation sites is 2. The van der Waals surface area contributed by atoms with E-state index in [2.05, 4.69) is 15.0 Å². The van der Waals surface area contributed by atoms with Crippen molar-refractivity contribution in [3.63, 3.8) is 0 Å². The van der Waals surface area contributed by atoms with Crippen LogP contribution in [-0.4, -0.2) is 55.7 Å². The summed E-state index contributed by atoms with van der Waals surface area (Å²) in [5.41, 5.74) is 1.26. The largest absolute Gasteiger partial charge is 0.476 e. The van der Waals surface area contributed by atoms with Gasteiger partial charge in [-0.1, -0.05) is 12.1 Å². The summed E-state index contributed by atoms with van der Waals surface area (Å²) in [5.74, 6) is -0.261. The number of thiazole rings is 1. The summed E-state index contributed by atoms with van der Waals surface area (Å²) in [7, 11) is 0. The molecule has 0 aliphatic rings. The number of carboxylic acids is 1. The van der Waals surface area contributed by atoms with Gasteiger partial charge in [0.2, 0.25) is 0 Å². The molecule has 1 aromatic carbocycles. The molecule has 0 fully saturated rings. The topological polar surface area (TPSA) is 108 Å². The molecule has 0 spiro atoms. The van der Waals surface area contributed by atoms with Crippen LogP contribution in [0.1, 0.15) is 42.1 Å². The number of aromatic carboxylic acids is 1. The SMILES string of the molecule is CC(C)(C)OC(=O)N(CCc1nc2ccccc2[nH]1)CCc1nc(C(=O)O)cs1. The van der Waals surface area contributed by atoms with E-state index in [0.29, 0.717) is 30.9 Å². The molecule has 154 valence electrons. The van der Waals surface area contributed by atoms with Crippen molar-refractivity contribution in [2.24, 2.45) is 0 Å². The highest BCUT2D eigenvalue weighted by molar-refractivity contribution is 7.09. The summed E-state index contributed by atoms with van der Waals surface area (Å²) in [6.45, 7) is 6.26. The van der Waals surface area contributed by atoms with Crippen molar-refractivity contribution in [3.8, 4) is 0 Å². The van der Waals surface area contributed by atoms with Gasteiger partial charge in [0.15, 0.2) is 5.69 Å². The molecule has 0 aliphatic carbocycles. The number of ether oxygens (including phenoxy) is 1. The first-order chi connectivity index (χ1) is 13.7. The predicted molar refractivity (Wildman–Crippen MR) is 110 cm³/mol. The predicted octanol–water partition coefficient (Wildman–Crippen LogP) is 3.74. The van der Waals surface area contributed by atoms with Gasteiger partial charge in [-0.25, -0.2) is 19.6 Å². The standard InChI is InChI=1S/C20H24N4O4S/c1-20(2,3)28-19(27)24(11-9-17-23-15(12-29-17)18(25)26)10-8-16-21-13-6-4-5-7-14(13)22-16/h4-7,12H,8-11H2,1-3H3,(H,21,22)(H,25,26). The van der Waals surface area contributed by atoms with Gasteiger partial charge < -0.3 is 19.7 Å². The number of imidazole rings is 1. The van der Waals surface area contributed by atoms with E-state index >= 15 is 0 Å². The van der Waals surface area contributed by atoms with Crippen LogP contribution in [-0.2, 0) is 17.6 Å². The number of nitrogens with zero attached hydrogens (tertiary/aromatic N) is 3. The lowest BCUT2D eigenvalue weighted by Crippen LogP contribution is -2.39. The van der Waals surface area contributed by atoms with Crippen molar-refractivity contribution in [2.45, 2.75) is 39.2 Å². The highest BCUT2D eigenvalue weighted by atomic mass is 32.1. The summed E-state index contributed by atoms with van der Waals surface area (Å²) in [5, 5.41) is 11.2. The van der Waals surface area contributed by atoms with Gasteiger partial charge in [0.05, 0.1) is 16.0 Å². The van der Waals surface area contributed by atoms with Gasteiger partial charge in [0.25, 0.3) is 0 Å². The van der Waals surface area contributed by atoms with Crippen molar-refractivity contribution < 1.29 is 19.4 Å². The van der Waals surface area contributed by atoms with Crippen LogP contribution in [0, 0.1) is 0 Å². The number of hydrogen-bond donors (Lipinski definition) is 2. The first-order valence-electron chi connectivity index (χ1n) is 9.30. The molecule has 0 atom stereocenters. The van der Waals surface area contributed by atoms with E-state index in [4.69, 9.17) is 9.84 Å². The third kappa shape index (κ3) is 5.77. The smallest absolute Gasteiger partial charge is 0.410 e. The molecular formula is C20H24N4O4S. The lowest BCUT2D eigenvalue weighted by atomic mass is 10.2. The van der Waals surface area contributed by atoms with Crippen molar-refractivity contribution in [1.82, 2.24) is 19.9 Å². The number of fused-ring (bicyclic) bond motifs is 1. The zero-order chi connectivity index (χ0) is 21.0. The van der Waals surface area contributed by atoms with Crippen LogP contribution in [0.3, 0.4) is 0 Å². The van der Waals surface area contributed by atoms with Gasteiger partial charge in [-0.3, -0.25) is 0 Å². The number of H-pyrrole nitrogens is 1. The number of aromatic amines is 1. The first-order valence-corrected chi connectivity index (χ1v) is 10.2. The second-order valence-electron chi connectivity index (χ2n) is 7.60. The van der Waals surface area contributed by atoms with Crippen molar-refractivity contribution >= 4 is 34.4 Å². The summed E-state index contributed by atoms with van der Waals surface area (Å²) >= 11 is 1.27. The molecule has 2 N–H and O–H groups in total. The minimum atomic E-state index is -1.05. The fourth-order valence-electron chi connectivity index (χ4n) is 2.74. The van der Waals surface area contributed by atoms with Crippen LogP contribution < -0.4 is 0 Å². The molecule has 0 unspecified atom stereocenters. The van der Waals surface area contributed by atoms with Crippen LogP contribution in [0.2, 0.25) is 0 Å². The summed E-state index contributed by atoms with van der Waals surface area (Å²) in [4.78, 5) is 37.2. The number of carboxylic acid groups (broad SMARTS) is 1. The maximum atomic E-state index is 12.6. The number of carbonyl (C=O) groups is 2. The molecular weight excluding hydrogens is 392 g/mol. The van der Waals surface area contributed by atoms with Gasteiger partial charge in [-0.05, 0) is 32.9 Å². The Morgan fingerprint density at radius 1 is 1.17 bits per heavy atom. The normalized spacial score (nSPS) is 11.6. The highest BCUT2D eigenvalue weighted by Gasteiger charge is 2.23. The van der Waals surface area contributed by atoms with Gasteiger partial charge >= 0.3 is 12.1 Å². The number of carbonyl (C=O) groups excluding carboxylic acids is 1. The quantitative estimate of drug-likeness (QED) is 0.607. The number of benzene rings is 1. The molecule has 2 aromatic heterocycles. The Labute approximate surface area is 172 Å². The van der Waals surface area contributed by atoms with Crippen molar-refractivity contribution in [1.29, 1.82) is 0 Å². The molecule has 2 heterocycles. The summed E-state index contributed by atoms with van der Waals surface area (Å²) in [6, 6.07) is 7.76. The summed E-state index contributed by atoms with van der Waals surface area (Å²) < 4.78 is 5.52. The van der Waals surface area contributed by atoms with E-state index < -0.39 is 17.7 Å². The molecule has 1 amide bonds. The van der Waals surface area contributed by atoms with Crippen LogP contribution in [0.4, 0.5) is 4.79 Å². The fourth-order valence-corrected chi connectivity index (χ4v) is 3.50. The van der Waals surface area contributed by atoms with Gasteiger partial charge in [0.1, 0.15) is 11.4 Å². The molecule has 0 aliphatic heterocycles. The Morgan fingerprint density at radius 2 is 1.90 bits per heavy atom. The van der Waals surface area contributed by atoms with E-state index in [-0.39, 0.29) is 5.69 Å². The Kier molecular flexibility index (Phi) is 6.17. The number of amides is 1. The Bertz CT molecular complexity index is 972. The fraction of sp³-hybridized carbons (Fsp3) is 0.400. The molecule has 3 aromatic rings. The summed E-state index contributed by atoms with van der Waals surface area (Å²) in [6.07, 6.45) is 0.590. The molecule has 0 bridgehead atoms. The van der Waals surface area contributed by atoms with Crippen LogP contribution >= 0.6 is 11.3 Å². The Balaban J connectivity index is 1.67. The molecule has 0 saturated heterocycles. The minimum absolute atomic E-state index is 0.0242. The Morgan fingerprint density at radius 3 is 2.55 bits per heavy atom. The highest BCUT2D eigenvalue weighted by Crippen LogP contribution is 2.15. The third-order valence-corrected chi connectivity index (χ3v) is 4.98. The minimum Gasteiger partial charge on any atom is -0.476 e. The first kappa shape index (κ1) is 20.8. The maximum absolute atomic E-state index is 12.6. The van der Waals surface area contributed by atoms with E-state index in [0.717, 1.165) is 16.9 Å². The molecule has 9 heteroatoms. The van der Waals surface area contributed by atoms with Crippen LogP contribution in [0.15, 0.2) is 29.6 Å². The third-order valence-electron chi connectivity index (χ3n) is 4.08. The monoisotopic (exact) mass is 416 g/mol. The van der Waals surface area contributed by atoms with E-state index in [1.807, 2.05) is 45.0 Å². The molecule has 29 heavy (non-hydrogen) atoms. The number of hydrogen-bond acceptors (Lipinski definition) is 6. The van der Waals surface area contributed by atoms with Crippen LogP contribution in [0.25, 0.3) is 11.0 Å². The zero-order valence-corrected chi connectivity index (χ0v) is 17.5. The van der Waals surface area contributed by atoms with E-state index in [9.17, 15) is 9.59 Å². The average Bonchev–Trinajstić information content (AvgIpc) is 3.26. The molecule has 3 rings (SSSR count). The zero-order valence-electron chi connectivity index (χ0n) is 16.6. The lowest BCUT2D eigenvalue weighted by molar-refractivity contribution is 0.0253. The molecule has 0 radical (unpaired) electrons. The molecule has 0 saturated carbocycles. The van der Waals surface area contributed by atoms with Gasteiger partial charge in [-0.15, -0.1) is 11.3 Å². The molecule has 8 nitrogen and oxygen atoms in total. The number of rotatable bonds is 7. The maximum Gasteiger partial charge on any atom is 0.410 e. The van der Waals surface area contributed by atoms with E-state index in [1.165, 1.54) is 16.7 Å². The number of aromatic nitrogens is 3. The van der Waals surface area contributed by atoms with E-state index in [1.54, 1.807) is 4.90 Å². The number of nitrogens with one attached hydrogen (secondary N) is 1. The lowest BCUT2D eigenvalue weighted by Gasteiger charge is -2.27. The van der Waals surface area contributed by atoms with Crippen LogP contribution in [0.5, 0.6) is 0 Å². The van der Waals surface area contributed by atoms with Crippen molar-refractivity contribution in [2.75, 3.05) is 13.1 Å². The van der Waals surface area contributed by atoms with Crippen molar-refractivity contribution in [3.05, 3.63) is 46.2 Å². The van der Waals surface area contributed by atoms with Gasteiger partial charge in [-0.2, -0.15) is 0 Å². The Hall–Kier alpha value is -2.94. The average molecular weight is 417 g/mol. The van der Waals surface area contributed by atoms with Gasteiger partial charge in [0, 0.05) is 31.3 Å². The second-order valence-corrected chi connectivity index (χ2v) is 8.54.